The number of fused-ring (bicyclic) bond motifs is 1. The van der Waals surface area contributed by atoms with Gasteiger partial charge in [-0.2, -0.15) is 0 Å². The van der Waals surface area contributed by atoms with Crippen molar-refractivity contribution >= 4 is 17.7 Å². The maximum Gasteiger partial charge on any atom is 0.277 e. The van der Waals surface area contributed by atoms with Gasteiger partial charge in [0.25, 0.3) is 5.91 Å². The Morgan fingerprint density at radius 3 is 2.64 bits per heavy atom. The third-order valence-electron chi connectivity index (χ3n) is 5.36. The van der Waals surface area contributed by atoms with Crippen molar-refractivity contribution in [1.29, 1.82) is 0 Å². The predicted octanol–water partition coefficient (Wildman–Crippen LogP) is -0.340. The first kappa shape index (κ1) is 20.3. The molecule has 3 heterocycles. The Morgan fingerprint density at radius 1 is 1.21 bits per heavy atom. The molecule has 0 aromatic carbocycles. The van der Waals surface area contributed by atoms with Crippen molar-refractivity contribution in [2.45, 2.75) is 32.5 Å². The zero-order valence-corrected chi connectivity index (χ0v) is 16.6. The van der Waals surface area contributed by atoms with E-state index in [9.17, 15) is 14.4 Å². The summed E-state index contributed by atoms with van der Waals surface area (Å²) in [4.78, 5) is 43.5. The van der Waals surface area contributed by atoms with E-state index in [1.54, 1.807) is 30.8 Å². The molecule has 2 atom stereocenters. The molecule has 0 spiro atoms. The highest BCUT2D eigenvalue weighted by molar-refractivity contribution is 6.00. The highest BCUT2D eigenvalue weighted by atomic mass is 16.5. The zero-order chi connectivity index (χ0) is 20.4. The Balaban J connectivity index is 1.84. The lowest BCUT2D eigenvalue weighted by Gasteiger charge is -2.48. The Bertz CT molecular complexity index is 763. The molecule has 10 nitrogen and oxygen atoms in total. The first-order chi connectivity index (χ1) is 13.4. The fourth-order valence-electron chi connectivity index (χ4n) is 3.69. The topological polar surface area (TPSA) is 105 Å². The van der Waals surface area contributed by atoms with E-state index in [0.29, 0.717) is 37.6 Å². The number of carbonyl (C=O) groups is 3. The summed E-state index contributed by atoms with van der Waals surface area (Å²) in [7, 11) is 3.09. The molecule has 28 heavy (non-hydrogen) atoms. The first-order valence-corrected chi connectivity index (χ1v) is 9.24. The summed E-state index contributed by atoms with van der Waals surface area (Å²) in [6, 6.07) is -1.38. The van der Waals surface area contributed by atoms with E-state index in [1.807, 2.05) is 0 Å². The monoisotopic (exact) mass is 394 g/mol. The standard InChI is InChI=1S/C18H26N4O6/c1-11-16(23)21-6-5-20(7-8-26-3)17(24)14(21)9-22(11)18(25)15-13(10-27-4)12(2)28-19-15/h11,14H,5-10H2,1-4H3/t11-,14-/m0/s1. The molecule has 1 aromatic heterocycles. The van der Waals surface area contributed by atoms with Gasteiger partial charge in [-0.3, -0.25) is 14.4 Å². The number of hydrogen-bond donors (Lipinski definition) is 0. The summed E-state index contributed by atoms with van der Waals surface area (Å²) in [6.07, 6.45) is 0. The number of nitrogens with zero attached hydrogens (tertiary/aromatic N) is 4. The van der Waals surface area contributed by atoms with E-state index in [0.717, 1.165) is 0 Å². The minimum absolute atomic E-state index is 0.117. The van der Waals surface area contributed by atoms with Crippen LogP contribution < -0.4 is 0 Å². The molecule has 154 valence electrons. The second-order valence-electron chi connectivity index (χ2n) is 7.00. The number of aromatic nitrogens is 1. The van der Waals surface area contributed by atoms with Crippen LogP contribution in [0.3, 0.4) is 0 Å². The van der Waals surface area contributed by atoms with E-state index in [-0.39, 0.29) is 30.7 Å². The Morgan fingerprint density at radius 2 is 1.96 bits per heavy atom. The van der Waals surface area contributed by atoms with Crippen molar-refractivity contribution < 1.29 is 28.4 Å². The molecule has 0 N–H and O–H groups in total. The molecule has 0 radical (unpaired) electrons. The summed E-state index contributed by atoms with van der Waals surface area (Å²) in [6.45, 7) is 5.44. The fourth-order valence-corrected chi connectivity index (χ4v) is 3.69. The van der Waals surface area contributed by atoms with Gasteiger partial charge in [0, 0.05) is 33.9 Å². The van der Waals surface area contributed by atoms with Gasteiger partial charge in [-0.05, 0) is 13.8 Å². The SMILES string of the molecule is COCCN1CCN2C(=O)[C@H](C)N(C(=O)c3noc(C)c3COC)C[C@H]2C1=O. The summed E-state index contributed by atoms with van der Waals surface area (Å²) in [5.74, 6) is -0.360. The fraction of sp³-hybridized carbons (Fsp3) is 0.667. The van der Waals surface area contributed by atoms with Crippen molar-refractivity contribution in [1.82, 2.24) is 19.9 Å². The van der Waals surface area contributed by atoms with Crippen LogP contribution >= 0.6 is 0 Å². The molecule has 10 heteroatoms. The van der Waals surface area contributed by atoms with E-state index in [2.05, 4.69) is 5.16 Å². The number of rotatable bonds is 6. The summed E-state index contributed by atoms with van der Waals surface area (Å²) < 4.78 is 15.3. The lowest BCUT2D eigenvalue weighted by atomic mass is 10.0. The summed E-state index contributed by atoms with van der Waals surface area (Å²) in [5, 5.41) is 3.86. The van der Waals surface area contributed by atoms with Gasteiger partial charge in [-0.25, -0.2) is 0 Å². The molecule has 1 aromatic rings. The van der Waals surface area contributed by atoms with Crippen LogP contribution in [-0.2, 0) is 25.7 Å². The Kier molecular flexibility index (Phi) is 5.99. The quantitative estimate of drug-likeness (QED) is 0.650. The van der Waals surface area contributed by atoms with Crippen molar-refractivity contribution in [2.24, 2.45) is 0 Å². The second kappa shape index (κ2) is 8.27. The van der Waals surface area contributed by atoms with E-state index in [4.69, 9.17) is 14.0 Å². The number of amides is 3. The lowest BCUT2D eigenvalue weighted by molar-refractivity contribution is -0.160. The van der Waals surface area contributed by atoms with Crippen LogP contribution in [0, 0.1) is 6.92 Å². The second-order valence-corrected chi connectivity index (χ2v) is 7.00. The smallest absolute Gasteiger partial charge is 0.277 e. The Labute approximate surface area is 163 Å². The van der Waals surface area contributed by atoms with Crippen molar-refractivity contribution in [3.63, 3.8) is 0 Å². The summed E-state index contributed by atoms with van der Waals surface area (Å²) >= 11 is 0. The molecular formula is C18H26N4O6. The van der Waals surface area contributed by atoms with Crippen molar-refractivity contribution in [3.05, 3.63) is 17.0 Å². The van der Waals surface area contributed by atoms with Gasteiger partial charge in [0.1, 0.15) is 17.8 Å². The van der Waals surface area contributed by atoms with Crippen LogP contribution in [-0.4, -0.2) is 96.7 Å². The van der Waals surface area contributed by atoms with Crippen LogP contribution in [0.5, 0.6) is 0 Å². The highest BCUT2D eigenvalue weighted by Crippen LogP contribution is 2.25. The van der Waals surface area contributed by atoms with Crippen LogP contribution in [0.15, 0.2) is 4.52 Å². The molecule has 2 aliphatic heterocycles. The molecule has 0 aliphatic carbocycles. The van der Waals surface area contributed by atoms with Gasteiger partial charge < -0.3 is 28.7 Å². The van der Waals surface area contributed by atoms with Crippen LogP contribution in [0.2, 0.25) is 0 Å². The average Bonchev–Trinajstić information content (AvgIpc) is 3.04. The van der Waals surface area contributed by atoms with Crippen LogP contribution in [0.4, 0.5) is 0 Å². The Hall–Kier alpha value is -2.46. The normalized spacial score (nSPS) is 22.6. The number of carbonyl (C=O) groups excluding carboxylic acids is 3. The van der Waals surface area contributed by atoms with E-state index < -0.39 is 18.0 Å². The molecule has 0 bridgehead atoms. The average molecular weight is 394 g/mol. The number of piperazine rings is 2. The van der Waals surface area contributed by atoms with Crippen LogP contribution in [0.25, 0.3) is 0 Å². The van der Waals surface area contributed by atoms with Gasteiger partial charge in [0.2, 0.25) is 11.8 Å². The van der Waals surface area contributed by atoms with Crippen molar-refractivity contribution in [2.75, 3.05) is 47.0 Å². The van der Waals surface area contributed by atoms with Gasteiger partial charge >= 0.3 is 0 Å². The molecule has 3 amide bonds. The third-order valence-corrected chi connectivity index (χ3v) is 5.36. The molecule has 2 fully saturated rings. The third kappa shape index (κ3) is 3.49. The number of methoxy groups -OCH3 is 2. The minimum Gasteiger partial charge on any atom is -0.383 e. The van der Waals surface area contributed by atoms with Gasteiger partial charge in [0.05, 0.1) is 25.3 Å². The molecule has 2 aliphatic rings. The lowest BCUT2D eigenvalue weighted by Crippen LogP contribution is -2.70. The predicted molar refractivity (Wildman–Crippen MR) is 96.4 cm³/mol. The molecular weight excluding hydrogens is 368 g/mol. The molecule has 0 unspecified atom stereocenters. The number of hydrogen-bond acceptors (Lipinski definition) is 7. The maximum absolute atomic E-state index is 13.1. The molecule has 0 saturated carbocycles. The van der Waals surface area contributed by atoms with E-state index >= 15 is 0 Å². The first-order valence-electron chi connectivity index (χ1n) is 9.24. The number of aryl methyl sites for hydroxylation is 1. The van der Waals surface area contributed by atoms with Gasteiger partial charge in [-0.15, -0.1) is 0 Å². The number of ether oxygens (including phenoxy) is 2. The highest BCUT2D eigenvalue weighted by Gasteiger charge is 2.47. The molecule has 2 saturated heterocycles. The van der Waals surface area contributed by atoms with Crippen molar-refractivity contribution in [3.8, 4) is 0 Å². The largest absolute Gasteiger partial charge is 0.383 e. The minimum atomic E-state index is -0.697. The van der Waals surface area contributed by atoms with Crippen LogP contribution in [0.1, 0.15) is 28.7 Å². The maximum atomic E-state index is 13.1. The van der Waals surface area contributed by atoms with Gasteiger partial charge in [0.15, 0.2) is 5.69 Å². The van der Waals surface area contributed by atoms with E-state index in [1.165, 1.54) is 12.0 Å². The molecule has 3 rings (SSSR count). The summed E-state index contributed by atoms with van der Waals surface area (Å²) in [5.41, 5.74) is 0.665. The van der Waals surface area contributed by atoms with Gasteiger partial charge in [-0.1, -0.05) is 5.16 Å². The zero-order valence-electron chi connectivity index (χ0n) is 16.6.